The van der Waals surface area contributed by atoms with Gasteiger partial charge in [-0.1, -0.05) is 60.2 Å². The lowest BCUT2D eigenvalue weighted by molar-refractivity contribution is 0.212. The molecule has 8 rings (SSSR count). The maximum Gasteiger partial charge on any atom is 0.149 e. The normalized spacial score (nSPS) is 25.6. The molecule has 0 fully saturated rings. The van der Waals surface area contributed by atoms with Crippen LogP contribution in [0, 0.1) is 5.82 Å². The molecule has 3 atom stereocenters. The van der Waals surface area contributed by atoms with Crippen molar-refractivity contribution in [2.45, 2.75) is 36.7 Å². The van der Waals surface area contributed by atoms with Crippen LogP contribution in [0.2, 0.25) is 0 Å². The fraction of sp³-hybridized carbons (Fsp3) is 0.200. The largest absolute Gasteiger partial charge is 0.497 e. The van der Waals surface area contributed by atoms with Crippen LogP contribution in [0.4, 0.5) is 4.39 Å². The molecule has 0 spiro atoms. The highest BCUT2D eigenvalue weighted by Crippen LogP contribution is 2.58. The average Bonchev–Trinajstić information content (AvgIpc) is 3.56. The Morgan fingerprint density at radius 3 is 2.72 bits per heavy atom. The molecule has 0 saturated heterocycles. The van der Waals surface area contributed by atoms with Gasteiger partial charge < -0.3 is 13.9 Å². The van der Waals surface area contributed by atoms with Crippen molar-refractivity contribution in [3.63, 3.8) is 0 Å². The highest BCUT2D eigenvalue weighted by atomic mass is 19.1. The van der Waals surface area contributed by atoms with E-state index >= 15 is 4.39 Å². The van der Waals surface area contributed by atoms with Crippen LogP contribution in [-0.2, 0) is 16.6 Å². The number of hydrogen-bond acceptors (Lipinski definition) is 3. The summed E-state index contributed by atoms with van der Waals surface area (Å²) >= 11 is 0. The summed E-state index contributed by atoms with van der Waals surface area (Å²) < 4.78 is 33.9. The zero-order valence-electron chi connectivity index (χ0n) is 21.6. The summed E-state index contributed by atoms with van der Waals surface area (Å²) in [7, 11) is 1.66. The molecule has 0 bridgehead atoms. The van der Waals surface area contributed by atoms with E-state index in [4.69, 9.17) is 13.9 Å². The summed E-state index contributed by atoms with van der Waals surface area (Å²) in [5.74, 6) is 2.44. The molecular weight excluding hydrogens is 487 g/mol. The van der Waals surface area contributed by atoms with E-state index in [9.17, 15) is 0 Å². The van der Waals surface area contributed by atoms with Gasteiger partial charge in [0.05, 0.1) is 13.4 Å². The summed E-state index contributed by atoms with van der Waals surface area (Å²) in [6.45, 7) is 0. The first kappa shape index (κ1) is 22.7. The molecule has 2 aromatic carbocycles. The van der Waals surface area contributed by atoms with Gasteiger partial charge in [-0.2, -0.15) is 0 Å². The van der Waals surface area contributed by atoms with Gasteiger partial charge in [0.1, 0.15) is 29.2 Å². The van der Waals surface area contributed by atoms with Crippen LogP contribution in [-0.4, -0.2) is 13.2 Å². The van der Waals surface area contributed by atoms with Gasteiger partial charge in [0.25, 0.3) is 0 Å². The zero-order valence-corrected chi connectivity index (χ0v) is 21.6. The average molecular weight is 515 g/mol. The van der Waals surface area contributed by atoms with Gasteiger partial charge in [0, 0.05) is 33.6 Å². The maximum absolute atomic E-state index is 15.6. The lowest BCUT2D eigenvalue weighted by atomic mass is 9.65. The number of hydrogen-bond donors (Lipinski definition) is 0. The Hall–Kier alpha value is -4.31. The van der Waals surface area contributed by atoms with Crippen LogP contribution in [0.15, 0.2) is 112 Å². The predicted molar refractivity (Wildman–Crippen MR) is 150 cm³/mol. The Kier molecular flexibility index (Phi) is 4.85. The van der Waals surface area contributed by atoms with Crippen LogP contribution in [0.25, 0.3) is 11.6 Å². The SMILES string of the molecule is COc1ccc(C2(c3ccccc3F)C=Cc3oc4c(c3C2)C2C(=CC3=C2CC=CC3)C2OC=CC=C42)cc1. The molecule has 3 nitrogen and oxygen atoms in total. The Labute approximate surface area is 226 Å². The third-order valence-corrected chi connectivity index (χ3v) is 9.00. The molecular formula is C35H27FO3. The van der Waals surface area contributed by atoms with E-state index < -0.39 is 5.41 Å². The van der Waals surface area contributed by atoms with Gasteiger partial charge >= 0.3 is 0 Å². The molecule has 3 unspecified atom stereocenters. The van der Waals surface area contributed by atoms with Crippen molar-refractivity contribution in [3.8, 4) is 5.75 Å². The number of furan rings is 1. The van der Waals surface area contributed by atoms with Gasteiger partial charge in [-0.05, 0) is 72.4 Å². The Balaban J connectivity index is 1.36. The van der Waals surface area contributed by atoms with Crippen molar-refractivity contribution in [2.24, 2.45) is 0 Å². The second-order valence-corrected chi connectivity index (χ2v) is 10.9. The van der Waals surface area contributed by atoms with Crippen LogP contribution >= 0.6 is 0 Å². The minimum absolute atomic E-state index is 0.113. The Morgan fingerprint density at radius 2 is 1.87 bits per heavy atom. The number of ether oxygens (including phenoxy) is 2. The van der Waals surface area contributed by atoms with E-state index in [0.29, 0.717) is 12.0 Å². The topological polar surface area (TPSA) is 31.6 Å². The molecule has 0 amide bonds. The molecule has 5 aliphatic rings. The van der Waals surface area contributed by atoms with Gasteiger partial charge in [-0.25, -0.2) is 4.39 Å². The number of rotatable bonds is 3. The fourth-order valence-electron chi connectivity index (χ4n) is 7.21. The monoisotopic (exact) mass is 514 g/mol. The van der Waals surface area contributed by atoms with Crippen LogP contribution in [0.3, 0.4) is 0 Å². The Bertz CT molecular complexity index is 1710. The van der Waals surface area contributed by atoms with E-state index in [1.807, 2.05) is 30.3 Å². The van der Waals surface area contributed by atoms with Crippen molar-refractivity contribution in [1.82, 2.24) is 0 Å². The summed E-state index contributed by atoms with van der Waals surface area (Å²) in [4.78, 5) is 0. The minimum atomic E-state index is -0.692. The quantitative estimate of drug-likeness (QED) is 0.332. The highest BCUT2D eigenvalue weighted by Gasteiger charge is 2.48. The maximum atomic E-state index is 15.6. The first-order valence-corrected chi connectivity index (χ1v) is 13.5. The summed E-state index contributed by atoms with van der Waals surface area (Å²) in [6.07, 6.45) is 19.2. The molecule has 4 aliphatic carbocycles. The Morgan fingerprint density at radius 1 is 1.03 bits per heavy atom. The minimum Gasteiger partial charge on any atom is -0.497 e. The zero-order chi connectivity index (χ0) is 26.1. The first-order chi connectivity index (χ1) is 19.2. The lowest BCUT2D eigenvalue weighted by Crippen LogP contribution is -2.33. The number of allylic oxidation sites excluding steroid dienone is 8. The highest BCUT2D eigenvalue weighted by molar-refractivity contribution is 5.83. The van der Waals surface area contributed by atoms with Crippen molar-refractivity contribution < 1.29 is 18.3 Å². The molecule has 192 valence electrons. The predicted octanol–water partition coefficient (Wildman–Crippen LogP) is 7.96. The molecule has 39 heavy (non-hydrogen) atoms. The van der Waals surface area contributed by atoms with Gasteiger partial charge in [0.2, 0.25) is 0 Å². The summed E-state index contributed by atoms with van der Waals surface area (Å²) in [5.41, 5.74) is 8.53. The second kappa shape index (κ2) is 8.34. The van der Waals surface area contributed by atoms with E-state index in [-0.39, 0.29) is 17.8 Å². The first-order valence-electron chi connectivity index (χ1n) is 13.5. The molecule has 1 aromatic heterocycles. The second-order valence-electron chi connectivity index (χ2n) is 10.9. The molecule has 0 saturated carbocycles. The van der Waals surface area contributed by atoms with Crippen LogP contribution in [0.1, 0.15) is 52.5 Å². The molecule has 4 heteroatoms. The van der Waals surface area contributed by atoms with Gasteiger partial charge in [-0.15, -0.1) is 0 Å². The van der Waals surface area contributed by atoms with E-state index in [2.05, 4.69) is 48.6 Å². The number of benzene rings is 2. The van der Waals surface area contributed by atoms with E-state index in [1.165, 1.54) is 22.3 Å². The van der Waals surface area contributed by atoms with Crippen molar-refractivity contribution >= 4 is 11.6 Å². The summed E-state index contributed by atoms with van der Waals surface area (Å²) in [6, 6.07) is 15.2. The molecule has 0 N–H and O–H groups in total. The number of halogens is 1. The molecule has 1 aliphatic heterocycles. The fourth-order valence-corrected chi connectivity index (χ4v) is 7.21. The van der Waals surface area contributed by atoms with Crippen molar-refractivity contribution in [1.29, 1.82) is 0 Å². The standard InChI is InChI=1S/C35H27FO3/c1-37-23-14-12-22(13-15-23)35(28-10-4-5-11-29(28)36)17-16-30-27(20-35)32-31-24-8-3-2-7-21(24)19-26(31)33-25(34(32)39-30)9-6-18-38-33/h2-6,9-19,31,33H,7-8,20H2,1H3. The van der Waals surface area contributed by atoms with Crippen molar-refractivity contribution in [3.05, 3.63) is 148 Å². The smallest absolute Gasteiger partial charge is 0.149 e. The third-order valence-electron chi connectivity index (χ3n) is 9.00. The van der Waals surface area contributed by atoms with Crippen molar-refractivity contribution in [2.75, 3.05) is 7.11 Å². The molecule has 3 aromatic rings. The number of fused-ring (bicyclic) bond motifs is 9. The molecule has 2 heterocycles. The van der Waals surface area contributed by atoms with Gasteiger partial charge in [0.15, 0.2) is 0 Å². The van der Waals surface area contributed by atoms with Crippen LogP contribution < -0.4 is 4.74 Å². The number of methoxy groups -OCH3 is 1. The van der Waals surface area contributed by atoms with Crippen LogP contribution in [0.5, 0.6) is 5.75 Å². The summed E-state index contributed by atoms with van der Waals surface area (Å²) in [5, 5.41) is 0. The lowest BCUT2D eigenvalue weighted by Gasteiger charge is -2.37. The van der Waals surface area contributed by atoms with E-state index in [1.54, 1.807) is 25.5 Å². The van der Waals surface area contributed by atoms with E-state index in [0.717, 1.165) is 46.8 Å². The third kappa shape index (κ3) is 3.15. The van der Waals surface area contributed by atoms with Gasteiger partial charge in [-0.3, -0.25) is 0 Å². The molecule has 0 radical (unpaired) electrons.